The molecule has 0 N–H and O–H groups in total. The molecule has 0 aliphatic rings. The Bertz CT molecular complexity index is 536. The second-order valence-electron chi connectivity index (χ2n) is 5.05. The molecule has 0 aromatic heterocycles. The van der Waals surface area contributed by atoms with Gasteiger partial charge < -0.3 is 14.5 Å². The van der Waals surface area contributed by atoms with Gasteiger partial charge in [-0.3, -0.25) is 9.59 Å². The fourth-order valence-corrected chi connectivity index (χ4v) is 1.78. The number of benzene rings is 1. The minimum absolute atomic E-state index is 0.0410. The zero-order valence-corrected chi connectivity index (χ0v) is 12.9. The van der Waals surface area contributed by atoms with Crippen LogP contribution in [0.2, 0.25) is 0 Å². The Labute approximate surface area is 128 Å². The van der Waals surface area contributed by atoms with Crippen molar-refractivity contribution in [2.24, 2.45) is 0 Å². The molecule has 7 heteroatoms. The summed E-state index contributed by atoms with van der Waals surface area (Å²) in [5, 5.41) is 0. The van der Waals surface area contributed by atoms with Gasteiger partial charge in [-0.1, -0.05) is 0 Å². The zero-order valence-electron chi connectivity index (χ0n) is 12.9. The molecule has 5 nitrogen and oxygen atoms in total. The van der Waals surface area contributed by atoms with Crippen LogP contribution in [0.3, 0.4) is 0 Å². The van der Waals surface area contributed by atoms with Crippen LogP contribution >= 0.6 is 0 Å². The summed E-state index contributed by atoms with van der Waals surface area (Å²) in [5.41, 5.74) is 0.0440. The van der Waals surface area contributed by atoms with Gasteiger partial charge in [0.1, 0.15) is 0 Å². The zero-order chi connectivity index (χ0) is 16.7. The lowest BCUT2D eigenvalue weighted by Gasteiger charge is -2.24. The molecule has 0 bridgehead atoms. The fourth-order valence-electron chi connectivity index (χ4n) is 1.78. The number of carbonyl (C=O) groups excluding carboxylic acids is 2. The standard InChI is InChI=1S/C15H20F2N2O3/c1-18(2)8-9-19(7-6-14(20)22-3)15(21)11-4-5-12(16)13(17)10-11/h4-5,10H,6-9H2,1-3H3. The van der Waals surface area contributed by atoms with E-state index in [2.05, 4.69) is 4.74 Å². The number of rotatable bonds is 7. The smallest absolute Gasteiger partial charge is 0.307 e. The van der Waals surface area contributed by atoms with Gasteiger partial charge >= 0.3 is 5.97 Å². The first-order valence-electron chi connectivity index (χ1n) is 6.81. The van der Waals surface area contributed by atoms with Crippen LogP contribution < -0.4 is 0 Å². The maximum atomic E-state index is 13.3. The first-order chi connectivity index (χ1) is 10.3. The minimum atomic E-state index is -1.08. The van der Waals surface area contributed by atoms with Crippen molar-refractivity contribution in [3.8, 4) is 0 Å². The molecule has 0 aliphatic heterocycles. The molecule has 0 saturated carbocycles. The minimum Gasteiger partial charge on any atom is -0.469 e. The first-order valence-corrected chi connectivity index (χ1v) is 6.81. The second kappa shape index (κ2) is 8.43. The molecule has 22 heavy (non-hydrogen) atoms. The molecule has 0 radical (unpaired) electrons. The van der Waals surface area contributed by atoms with Gasteiger partial charge in [0, 0.05) is 25.2 Å². The molecule has 122 valence electrons. The van der Waals surface area contributed by atoms with E-state index in [1.807, 2.05) is 19.0 Å². The van der Waals surface area contributed by atoms with Gasteiger partial charge in [0.25, 0.3) is 5.91 Å². The summed E-state index contributed by atoms with van der Waals surface area (Å²) in [6.45, 7) is 1.09. The predicted octanol–water partition coefficient (Wildman–Crippen LogP) is 1.53. The third-order valence-corrected chi connectivity index (χ3v) is 3.08. The number of ether oxygens (including phenoxy) is 1. The Hall–Kier alpha value is -2.02. The molecular formula is C15H20F2N2O3. The summed E-state index contributed by atoms with van der Waals surface area (Å²) in [6.07, 6.45) is 0.0410. The number of esters is 1. The van der Waals surface area contributed by atoms with E-state index < -0.39 is 23.5 Å². The highest BCUT2D eigenvalue weighted by atomic mass is 19.2. The van der Waals surface area contributed by atoms with Crippen molar-refractivity contribution in [1.82, 2.24) is 9.80 Å². The lowest BCUT2D eigenvalue weighted by Crippen LogP contribution is -2.38. The maximum Gasteiger partial charge on any atom is 0.307 e. The number of likely N-dealkylation sites (N-methyl/N-ethyl adjacent to an activating group) is 1. The summed E-state index contributed by atoms with van der Waals surface area (Å²) < 4.78 is 30.8. The highest BCUT2D eigenvalue weighted by Gasteiger charge is 2.18. The van der Waals surface area contributed by atoms with Crippen LogP contribution in [0.25, 0.3) is 0 Å². The van der Waals surface area contributed by atoms with E-state index in [0.717, 1.165) is 12.1 Å². The van der Waals surface area contributed by atoms with Crippen molar-refractivity contribution in [3.63, 3.8) is 0 Å². The molecule has 0 saturated heterocycles. The Morgan fingerprint density at radius 3 is 2.32 bits per heavy atom. The number of halogens is 2. The summed E-state index contributed by atoms with van der Waals surface area (Å²) in [7, 11) is 4.96. The van der Waals surface area contributed by atoms with Crippen LogP contribution in [0.5, 0.6) is 0 Å². The first kappa shape index (κ1) is 18.0. The molecule has 1 amide bonds. The van der Waals surface area contributed by atoms with Crippen LogP contribution in [0.1, 0.15) is 16.8 Å². The van der Waals surface area contributed by atoms with Crippen LogP contribution in [0, 0.1) is 11.6 Å². The summed E-state index contributed by atoms with van der Waals surface area (Å²) in [6, 6.07) is 2.99. The molecule has 1 rings (SSSR count). The van der Waals surface area contributed by atoms with E-state index in [0.29, 0.717) is 13.1 Å². The molecule has 0 unspecified atom stereocenters. The number of hydrogen-bond donors (Lipinski definition) is 0. The number of nitrogens with zero attached hydrogens (tertiary/aromatic N) is 2. The van der Waals surface area contributed by atoms with Crippen LogP contribution in [0.4, 0.5) is 8.78 Å². The number of methoxy groups -OCH3 is 1. The van der Waals surface area contributed by atoms with Gasteiger partial charge in [0.05, 0.1) is 13.5 Å². The van der Waals surface area contributed by atoms with Gasteiger partial charge in [-0.15, -0.1) is 0 Å². The molecule has 1 aromatic carbocycles. The average Bonchev–Trinajstić information content (AvgIpc) is 2.48. The Balaban J connectivity index is 2.84. The lowest BCUT2D eigenvalue weighted by molar-refractivity contribution is -0.140. The number of amides is 1. The van der Waals surface area contributed by atoms with Crippen molar-refractivity contribution in [1.29, 1.82) is 0 Å². The SMILES string of the molecule is COC(=O)CCN(CCN(C)C)C(=O)c1ccc(F)c(F)c1. The topological polar surface area (TPSA) is 49.9 Å². The van der Waals surface area contributed by atoms with Crippen molar-refractivity contribution < 1.29 is 23.1 Å². The van der Waals surface area contributed by atoms with Gasteiger partial charge in [-0.25, -0.2) is 8.78 Å². The molecule has 0 spiro atoms. The number of hydrogen-bond acceptors (Lipinski definition) is 4. The Morgan fingerprint density at radius 2 is 1.77 bits per heavy atom. The largest absolute Gasteiger partial charge is 0.469 e. The van der Waals surface area contributed by atoms with E-state index in [-0.39, 0.29) is 18.5 Å². The highest BCUT2D eigenvalue weighted by molar-refractivity contribution is 5.94. The third kappa shape index (κ3) is 5.40. The van der Waals surface area contributed by atoms with Crippen LogP contribution in [-0.2, 0) is 9.53 Å². The third-order valence-electron chi connectivity index (χ3n) is 3.08. The summed E-state index contributed by atoms with van der Waals surface area (Å²) >= 11 is 0. The molecule has 0 aliphatic carbocycles. The molecular weight excluding hydrogens is 294 g/mol. The summed E-state index contributed by atoms with van der Waals surface area (Å²) in [5.74, 6) is -2.98. The normalized spacial score (nSPS) is 10.6. The summed E-state index contributed by atoms with van der Waals surface area (Å²) in [4.78, 5) is 26.9. The van der Waals surface area contributed by atoms with Crippen molar-refractivity contribution in [3.05, 3.63) is 35.4 Å². The Morgan fingerprint density at radius 1 is 1.09 bits per heavy atom. The lowest BCUT2D eigenvalue weighted by atomic mass is 10.1. The van der Waals surface area contributed by atoms with Gasteiger partial charge in [0.15, 0.2) is 11.6 Å². The second-order valence-corrected chi connectivity index (χ2v) is 5.05. The van der Waals surface area contributed by atoms with E-state index in [9.17, 15) is 18.4 Å². The van der Waals surface area contributed by atoms with Gasteiger partial charge in [-0.05, 0) is 32.3 Å². The van der Waals surface area contributed by atoms with Crippen molar-refractivity contribution >= 4 is 11.9 Å². The average molecular weight is 314 g/mol. The van der Waals surface area contributed by atoms with Crippen molar-refractivity contribution in [2.45, 2.75) is 6.42 Å². The van der Waals surface area contributed by atoms with Crippen LogP contribution in [-0.4, -0.2) is 62.5 Å². The quantitative estimate of drug-likeness (QED) is 0.716. The number of carbonyl (C=O) groups is 2. The molecule has 1 aromatic rings. The molecule has 0 fully saturated rings. The van der Waals surface area contributed by atoms with E-state index >= 15 is 0 Å². The van der Waals surface area contributed by atoms with E-state index in [1.165, 1.54) is 18.1 Å². The van der Waals surface area contributed by atoms with Crippen molar-refractivity contribution in [2.75, 3.05) is 40.8 Å². The van der Waals surface area contributed by atoms with E-state index in [1.54, 1.807) is 0 Å². The van der Waals surface area contributed by atoms with Gasteiger partial charge in [-0.2, -0.15) is 0 Å². The Kier molecular flexibility index (Phi) is 6.91. The monoisotopic (exact) mass is 314 g/mol. The molecule has 0 heterocycles. The highest BCUT2D eigenvalue weighted by Crippen LogP contribution is 2.11. The van der Waals surface area contributed by atoms with E-state index in [4.69, 9.17) is 0 Å². The fraction of sp³-hybridized carbons (Fsp3) is 0.467. The van der Waals surface area contributed by atoms with Crippen LogP contribution in [0.15, 0.2) is 18.2 Å². The molecule has 0 atom stereocenters. The predicted molar refractivity (Wildman–Crippen MR) is 77.4 cm³/mol. The van der Waals surface area contributed by atoms with Gasteiger partial charge in [0.2, 0.25) is 0 Å². The maximum absolute atomic E-state index is 13.3.